The molecule has 0 aliphatic carbocycles. The van der Waals surface area contributed by atoms with Gasteiger partial charge in [0, 0.05) is 12.1 Å². The largest absolute Gasteiger partial charge is 0.322 e. The van der Waals surface area contributed by atoms with Crippen molar-refractivity contribution in [3.63, 3.8) is 0 Å². The van der Waals surface area contributed by atoms with E-state index in [1.54, 1.807) is 6.07 Å². The molecule has 0 radical (unpaired) electrons. The third-order valence-corrected chi connectivity index (χ3v) is 1.85. The molecule has 0 fully saturated rings. The lowest BCUT2D eigenvalue weighted by atomic mass is 10.2. The number of carbonyl (C=O) groups is 1. The first-order valence-electron chi connectivity index (χ1n) is 4.30. The highest BCUT2D eigenvalue weighted by molar-refractivity contribution is 5.93. The van der Waals surface area contributed by atoms with Crippen LogP contribution in [-0.2, 0) is 4.79 Å². The lowest BCUT2D eigenvalue weighted by Gasteiger charge is -2.07. The summed E-state index contributed by atoms with van der Waals surface area (Å²) in [5, 5.41) is 10.4. The maximum atomic E-state index is 13.1. The van der Waals surface area contributed by atoms with Gasteiger partial charge in [-0.1, -0.05) is 0 Å². The molecule has 1 rings (SSSR count). The van der Waals surface area contributed by atoms with E-state index in [2.05, 4.69) is 0 Å². The Kier molecular flexibility index (Phi) is 3.51. The molecule has 3 nitrogen and oxygen atoms in total. The van der Waals surface area contributed by atoms with Crippen LogP contribution in [0, 0.1) is 34.7 Å². The molecule has 0 bridgehead atoms. The Labute approximate surface area is 89.5 Å². The fourth-order valence-corrected chi connectivity index (χ4v) is 0.918. The van der Waals surface area contributed by atoms with Gasteiger partial charge in [-0.2, -0.15) is 5.26 Å². The second-order valence-electron chi connectivity index (χ2n) is 3.09. The van der Waals surface area contributed by atoms with Gasteiger partial charge in [0.2, 0.25) is 5.91 Å². The number of amides is 1. The molecule has 0 spiro atoms. The van der Waals surface area contributed by atoms with Gasteiger partial charge in [0.25, 0.3) is 0 Å². The van der Waals surface area contributed by atoms with Gasteiger partial charge < -0.3 is 5.32 Å². The summed E-state index contributed by atoms with van der Waals surface area (Å²) >= 11 is 0. The third-order valence-electron chi connectivity index (χ3n) is 1.85. The smallest absolute Gasteiger partial charge is 0.241 e. The average molecular weight is 228 g/mol. The highest BCUT2D eigenvalue weighted by Crippen LogP contribution is 2.18. The molecule has 6 heteroatoms. The van der Waals surface area contributed by atoms with E-state index in [1.807, 2.05) is 5.32 Å². The molecule has 1 N–H and O–H groups in total. The Morgan fingerprint density at radius 2 is 1.88 bits per heavy atom. The zero-order valence-corrected chi connectivity index (χ0v) is 8.22. The molecule has 0 aliphatic rings. The van der Waals surface area contributed by atoms with Gasteiger partial charge in [-0.15, -0.1) is 0 Å². The molecule has 0 aliphatic heterocycles. The number of carbonyl (C=O) groups excluding carboxylic acids is 1. The molecular formula is C10H7F3N2O. The van der Waals surface area contributed by atoms with Gasteiger partial charge in [0.05, 0.1) is 11.8 Å². The Bertz CT molecular complexity index is 468. The second kappa shape index (κ2) is 4.66. The van der Waals surface area contributed by atoms with Crippen LogP contribution in [-0.4, -0.2) is 5.91 Å². The normalized spacial score (nSPS) is 11.7. The molecule has 1 aromatic carbocycles. The highest BCUT2D eigenvalue weighted by atomic mass is 19.2. The van der Waals surface area contributed by atoms with Gasteiger partial charge >= 0.3 is 0 Å². The summed E-state index contributed by atoms with van der Waals surface area (Å²) in [6.07, 6.45) is 0. The van der Waals surface area contributed by atoms with Crippen molar-refractivity contribution >= 4 is 11.6 Å². The fourth-order valence-electron chi connectivity index (χ4n) is 0.918. The van der Waals surface area contributed by atoms with Crippen LogP contribution in [0.5, 0.6) is 0 Å². The van der Waals surface area contributed by atoms with Crippen molar-refractivity contribution in [1.82, 2.24) is 0 Å². The van der Waals surface area contributed by atoms with Crippen molar-refractivity contribution in [2.75, 3.05) is 5.32 Å². The SMILES string of the molecule is CC(C#N)C(=O)Nc1cc(F)c(F)cc1F. The number of benzene rings is 1. The van der Waals surface area contributed by atoms with Crippen LogP contribution >= 0.6 is 0 Å². The minimum atomic E-state index is -1.34. The van der Waals surface area contributed by atoms with Gasteiger partial charge in [0.15, 0.2) is 11.6 Å². The zero-order chi connectivity index (χ0) is 12.3. The molecule has 0 aromatic heterocycles. The third kappa shape index (κ3) is 2.51. The van der Waals surface area contributed by atoms with Crippen LogP contribution < -0.4 is 5.32 Å². The van der Waals surface area contributed by atoms with Crippen molar-refractivity contribution in [2.45, 2.75) is 6.92 Å². The summed E-state index contributed by atoms with van der Waals surface area (Å²) in [6, 6.07) is 2.47. The molecule has 84 valence electrons. The first kappa shape index (κ1) is 12.0. The summed E-state index contributed by atoms with van der Waals surface area (Å²) in [6.45, 7) is 1.30. The zero-order valence-electron chi connectivity index (χ0n) is 8.22. The van der Waals surface area contributed by atoms with Gasteiger partial charge in [-0.25, -0.2) is 13.2 Å². The maximum Gasteiger partial charge on any atom is 0.241 e. The molecule has 0 heterocycles. The molecule has 0 saturated carbocycles. The van der Waals surface area contributed by atoms with E-state index in [0.717, 1.165) is 0 Å². The molecule has 1 unspecified atom stereocenters. The van der Waals surface area contributed by atoms with Crippen LogP contribution in [0.4, 0.5) is 18.9 Å². The number of halogens is 3. The lowest BCUT2D eigenvalue weighted by molar-refractivity contribution is -0.117. The fraction of sp³-hybridized carbons (Fsp3) is 0.200. The minimum Gasteiger partial charge on any atom is -0.322 e. The van der Waals surface area contributed by atoms with E-state index in [0.29, 0.717) is 12.1 Å². The number of hydrogen-bond acceptors (Lipinski definition) is 2. The van der Waals surface area contributed by atoms with E-state index in [9.17, 15) is 18.0 Å². The van der Waals surface area contributed by atoms with Crippen LogP contribution in [0.1, 0.15) is 6.92 Å². The minimum absolute atomic E-state index is 0.321. The van der Waals surface area contributed by atoms with E-state index in [1.165, 1.54) is 6.92 Å². The number of anilines is 1. The Hall–Kier alpha value is -2.03. The van der Waals surface area contributed by atoms with Crippen molar-refractivity contribution < 1.29 is 18.0 Å². The molecule has 1 aromatic rings. The molecule has 1 amide bonds. The van der Waals surface area contributed by atoms with E-state index >= 15 is 0 Å². The monoisotopic (exact) mass is 228 g/mol. The predicted octanol–water partition coefficient (Wildman–Crippen LogP) is 2.20. The van der Waals surface area contributed by atoms with E-state index in [4.69, 9.17) is 5.26 Å². The van der Waals surface area contributed by atoms with Gasteiger partial charge in [-0.3, -0.25) is 4.79 Å². The Morgan fingerprint density at radius 3 is 2.44 bits per heavy atom. The number of nitrogens with one attached hydrogen (secondary N) is 1. The summed E-state index contributed by atoms with van der Waals surface area (Å²) in [5.41, 5.74) is -0.494. The summed E-state index contributed by atoms with van der Waals surface area (Å²) < 4.78 is 38.3. The van der Waals surface area contributed by atoms with Crippen LogP contribution in [0.15, 0.2) is 12.1 Å². The van der Waals surface area contributed by atoms with E-state index in [-0.39, 0.29) is 0 Å². The predicted molar refractivity (Wildman–Crippen MR) is 49.7 cm³/mol. The molecule has 1 atom stereocenters. The highest BCUT2D eigenvalue weighted by Gasteiger charge is 2.16. The van der Waals surface area contributed by atoms with Crippen molar-refractivity contribution in [3.8, 4) is 6.07 Å². The Morgan fingerprint density at radius 1 is 1.31 bits per heavy atom. The lowest BCUT2D eigenvalue weighted by Crippen LogP contribution is -2.19. The number of rotatable bonds is 2. The Balaban J connectivity index is 2.95. The topological polar surface area (TPSA) is 52.9 Å². The average Bonchev–Trinajstić information content (AvgIpc) is 2.24. The van der Waals surface area contributed by atoms with E-state index < -0.39 is 35.0 Å². The summed E-state index contributed by atoms with van der Waals surface area (Å²) in [5.74, 6) is -5.51. The standard InChI is InChI=1S/C10H7F3N2O/c1-5(4-14)10(16)15-9-3-7(12)6(11)2-8(9)13/h2-3,5H,1H3,(H,15,16). The quantitative estimate of drug-likeness (QED) is 0.789. The summed E-state index contributed by atoms with van der Waals surface area (Å²) in [4.78, 5) is 11.2. The number of nitrogens with zero attached hydrogens (tertiary/aromatic N) is 1. The molecule has 16 heavy (non-hydrogen) atoms. The van der Waals surface area contributed by atoms with Crippen LogP contribution in [0.25, 0.3) is 0 Å². The van der Waals surface area contributed by atoms with Crippen molar-refractivity contribution in [2.24, 2.45) is 5.92 Å². The second-order valence-corrected chi connectivity index (χ2v) is 3.09. The van der Waals surface area contributed by atoms with Crippen LogP contribution in [0.3, 0.4) is 0 Å². The first-order chi connectivity index (χ1) is 7.45. The summed E-state index contributed by atoms with van der Waals surface area (Å²) in [7, 11) is 0. The number of nitriles is 1. The molecule has 0 saturated heterocycles. The number of hydrogen-bond donors (Lipinski definition) is 1. The first-order valence-corrected chi connectivity index (χ1v) is 4.30. The van der Waals surface area contributed by atoms with Gasteiger partial charge in [-0.05, 0) is 6.92 Å². The van der Waals surface area contributed by atoms with Crippen molar-refractivity contribution in [3.05, 3.63) is 29.6 Å². The molecular weight excluding hydrogens is 221 g/mol. The van der Waals surface area contributed by atoms with Crippen LogP contribution in [0.2, 0.25) is 0 Å². The maximum absolute atomic E-state index is 13.1. The van der Waals surface area contributed by atoms with Crippen molar-refractivity contribution in [1.29, 1.82) is 5.26 Å². The van der Waals surface area contributed by atoms with Gasteiger partial charge in [0.1, 0.15) is 11.7 Å².